The summed E-state index contributed by atoms with van der Waals surface area (Å²) in [5, 5.41) is 9.37. The number of allylic oxidation sites excluding steroid dienone is 1. The monoisotopic (exact) mass is 431 g/mol. The van der Waals surface area contributed by atoms with Crippen LogP contribution in [0, 0.1) is 17.1 Å². The van der Waals surface area contributed by atoms with Crippen molar-refractivity contribution in [3.8, 4) is 23.3 Å². The summed E-state index contributed by atoms with van der Waals surface area (Å²) in [6.45, 7) is 0.387. The molecule has 0 fully saturated rings. The smallest absolute Gasteiger partial charge is 0.311 e. The van der Waals surface area contributed by atoms with Crippen LogP contribution in [0.5, 0.6) is 17.2 Å². The molecule has 3 rings (SSSR count). The molecule has 32 heavy (non-hydrogen) atoms. The van der Waals surface area contributed by atoms with Crippen molar-refractivity contribution >= 4 is 17.6 Å². The van der Waals surface area contributed by atoms with Crippen LogP contribution in [-0.4, -0.2) is 19.7 Å². The molecular formula is C26H22FNO4. The van der Waals surface area contributed by atoms with E-state index in [0.717, 1.165) is 5.75 Å². The number of hydrogen-bond acceptors (Lipinski definition) is 5. The van der Waals surface area contributed by atoms with Crippen LogP contribution in [0.3, 0.4) is 0 Å². The maximum absolute atomic E-state index is 13.9. The lowest BCUT2D eigenvalue weighted by Gasteiger charge is -2.07. The van der Waals surface area contributed by atoms with E-state index in [2.05, 4.69) is 0 Å². The molecule has 0 aliphatic rings. The van der Waals surface area contributed by atoms with Gasteiger partial charge in [0, 0.05) is 12.0 Å². The number of methoxy groups -OCH3 is 1. The van der Waals surface area contributed by atoms with Crippen LogP contribution in [0.15, 0.2) is 72.8 Å². The molecule has 0 amide bonds. The van der Waals surface area contributed by atoms with Crippen molar-refractivity contribution in [3.63, 3.8) is 0 Å². The van der Waals surface area contributed by atoms with Gasteiger partial charge < -0.3 is 14.2 Å². The quantitative estimate of drug-likeness (QED) is 0.144. The first-order valence-corrected chi connectivity index (χ1v) is 10.0. The average Bonchev–Trinajstić information content (AvgIpc) is 2.82. The summed E-state index contributed by atoms with van der Waals surface area (Å²) in [7, 11) is 1.60. The number of halogens is 1. The maximum Gasteiger partial charge on any atom is 0.311 e. The van der Waals surface area contributed by atoms with Crippen LogP contribution in [0.25, 0.3) is 11.6 Å². The summed E-state index contributed by atoms with van der Waals surface area (Å²) in [6, 6.07) is 22.0. The first kappa shape index (κ1) is 22.6. The fourth-order valence-electron chi connectivity index (χ4n) is 2.91. The predicted molar refractivity (Wildman–Crippen MR) is 120 cm³/mol. The standard InChI is InChI=1S/C26H22FNO4/c1-30-21-12-14-22(15-13-21)31-16-4-7-26(29)32-23-10-8-19(9-11-23)17-20(18-28)24-5-2-3-6-25(24)27/h2-3,5-6,8-15,17H,4,7,16H2,1H3/b20-17-. The van der Waals surface area contributed by atoms with Gasteiger partial charge in [0.15, 0.2) is 0 Å². The summed E-state index contributed by atoms with van der Waals surface area (Å²) in [4.78, 5) is 12.0. The Morgan fingerprint density at radius 2 is 1.62 bits per heavy atom. The van der Waals surface area contributed by atoms with Crippen molar-refractivity contribution in [3.05, 3.63) is 89.7 Å². The van der Waals surface area contributed by atoms with Gasteiger partial charge in [0.05, 0.1) is 25.4 Å². The van der Waals surface area contributed by atoms with Crippen LogP contribution < -0.4 is 14.2 Å². The molecule has 0 bridgehead atoms. The largest absolute Gasteiger partial charge is 0.497 e. The summed E-state index contributed by atoms with van der Waals surface area (Å²) in [6.07, 6.45) is 2.31. The van der Waals surface area contributed by atoms with E-state index in [1.54, 1.807) is 79.9 Å². The Bertz CT molecular complexity index is 1120. The Balaban J connectivity index is 1.49. The van der Waals surface area contributed by atoms with Gasteiger partial charge in [-0.15, -0.1) is 0 Å². The highest BCUT2D eigenvalue weighted by molar-refractivity contribution is 5.89. The van der Waals surface area contributed by atoms with Gasteiger partial charge in [-0.05, 0) is 60.5 Å². The molecule has 0 N–H and O–H groups in total. The zero-order valence-electron chi connectivity index (χ0n) is 17.6. The highest BCUT2D eigenvalue weighted by Gasteiger charge is 2.08. The Kier molecular flexibility index (Phi) is 7.99. The first-order valence-electron chi connectivity index (χ1n) is 10.0. The molecule has 0 unspecified atom stereocenters. The third-order valence-electron chi connectivity index (χ3n) is 4.56. The van der Waals surface area contributed by atoms with Gasteiger partial charge in [-0.25, -0.2) is 4.39 Å². The van der Waals surface area contributed by atoms with Gasteiger partial charge in [-0.3, -0.25) is 4.79 Å². The first-order chi connectivity index (χ1) is 15.6. The van der Waals surface area contributed by atoms with E-state index < -0.39 is 5.82 Å². The molecule has 0 aliphatic carbocycles. The minimum absolute atomic E-state index is 0.212. The normalized spacial score (nSPS) is 10.8. The minimum Gasteiger partial charge on any atom is -0.497 e. The molecule has 6 heteroatoms. The SMILES string of the molecule is COc1ccc(OCCCC(=O)Oc2ccc(/C=C(/C#N)c3ccccc3F)cc2)cc1. The van der Waals surface area contributed by atoms with Crippen molar-refractivity contribution in [1.29, 1.82) is 5.26 Å². The molecule has 162 valence electrons. The molecule has 0 aromatic heterocycles. The maximum atomic E-state index is 13.9. The predicted octanol–water partition coefficient (Wildman–Crippen LogP) is 5.66. The van der Waals surface area contributed by atoms with E-state index in [9.17, 15) is 14.4 Å². The number of benzene rings is 3. The second kappa shape index (κ2) is 11.3. The van der Waals surface area contributed by atoms with Crippen LogP contribution in [0.2, 0.25) is 0 Å². The van der Waals surface area contributed by atoms with E-state index >= 15 is 0 Å². The van der Waals surface area contributed by atoms with Gasteiger partial charge in [0.25, 0.3) is 0 Å². The molecular weight excluding hydrogens is 409 g/mol. The molecule has 3 aromatic carbocycles. The number of hydrogen-bond donors (Lipinski definition) is 0. The lowest BCUT2D eigenvalue weighted by atomic mass is 10.0. The minimum atomic E-state index is -0.457. The molecule has 5 nitrogen and oxygen atoms in total. The highest BCUT2D eigenvalue weighted by atomic mass is 19.1. The van der Waals surface area contributed by atoms with Gasteiger partial charge in [-0.2, -0.15) is 5.26 Å². The van der Waals surface area contributed by atoms with Crippen molar-refractivity contribution in [2.45, 2.75) is 12.8 Å². The molecule has 0 aliphatic heterocycles. The van der Waals surface area contributed by atoms with Crippen molar-refractivity contribution in [1.82, 2.24) is 0 Å². The summed E-state index contributed by atoms with van der Waals surface area (Å²) in [5.41, 5.74) is 1.14. The second-order valence-corrected chi connectivity index (χ2v) is 6.82. The number of rotatable bonds is 9. The van der Waals surface area contributed by atoms with E-state index in [1.165, 1.54) is 6.07 Å². The second-order valence-electron chi connectivity index (χ2n) is 6.82. The number of carbonyl (C=O) groups excluding carboxylic acids is 1. The number of nitrogens with zero attached hydrogens (tertiary/aromatic N) is 1. The van der Waals surface area contributed by atoms with Crippen molar-refractivity contribution in [2.75, 3.05) is 13.7 Å². The van der Waals surface area contributed by atoms with Crippen LogP contribution in [0.1, 0.15) is 24.0 Å². The molecule has 3 aromatic rings. The lowest BCUT2D eigenvalue weighted by Crippen LogP contribution is -2.09. The highest BCUT2D eigenvalue weighted by Crippen LogP contribution is 2.22. The number of carbonyl (C=O) groups is 1. The molecule has 0 saturated heterocycles. The fraction of sp³-hybridized carbons (Fsp3) is 0.154. The lowest BCUT2D eigenvalue weighted by molar-refractivity contribution is -0.134. The van der Waals surface area contributed by atoms with Gasteiger partial charge in [0.2, 0.25) is 0 Å². The zero-order valence-corrected chi connectivity index (χ0v) is 17.6. The Morgan fingerprint density at radius 1 is 0.969 bits per heavy atom. The molecule has 0 spiro atoms. The van der Waals surface area contributed by atoms with E-state index in [4.69, 9.17) is 14.2 Å². The summed E-state index contributed by atoms with van der Waals surface area (Å²) in [5.74, 6) is 1.03. The Hall–Kier alpha value is -4.11. The van der Waals surface area contributed by atoms with Crippen LogP contribution in [-0.2, 0) is 4.79 Å². The number of nitriles is 1. The Labute approximate surface area is 186 Å². The van der Waals surface area contributed by atoms with Crippen molar-refractivity contribution in [2.24, 2.45) is 0 Å². The zero-order chi connectivity index (χ0) is 22.8. The fourth-order valence-corrected chi connectivity index (χ4v) is 2.91. The molecule has 0 saturated carbocycles. The topological polar surface area (TPSA) is 68.6 Å². The number of esters is 1. The summed E-state index contributed by atoms with van der Waals surface area (Å²) < 4.78 is 29.9. The summed E-state index contributed by atoms with van der Waals surface area (Å²) >= 11 is 0. The molecule has 0 atom stereocenters. The van der Waals surface area contributed by atoms with Gasteiger partial charge in [-0.1, -0.05) is 30.3 Å². The van der Waals surface area contributed by atoms with Gasteiger partial charge in [0.1, 0.15) is 23.1 Å². The Morgan fingerprint density at radius 3 is 2.28 bits per heavy atom. The average molecular weight is 431 g/mol. The number of ether oxygens (including phenoxy) is 3. The third-order valence-corrected chi connectivity index (χ3v) is 4.56. The van der Waals surface area contributed by atoms with E-state index in [1.807, 2.05) is 6.07 Å². The molecule has 0 radical (unpaired) electrons. The van der Waals surface area contributed by atoms with E-state index in [0.29, 0.717) is 30.1 Å². The van der Waals surface area contributed by atoms with Gasteiger partial charge >= 0.3 is 5.97 Å². The van der Waals surface area contributed by atoms with Crippen LogP contribution >= 0.6 is 0 Å². The molecule has 0 heterocycles. The third kappa shape index (κ3) is 6.44. The van der Waals surface area contributed by atoms with E-state index in [-0.39, 0.29) is 23.5 Å². The van der Waals surface area contributed by atoms with Crippen LogP contribution in [0.4, 0.5) is 4.39 Å². The van der Waals surface area contributed by atoms with Crippen molar-refractivity contribution < 1.29 is 23.4 Å².